The molecule has 2 atom stereocenters. The third kappa shape index (κ3) is 2.16. The summed E-state index contributed by atoms with van der Waals surface area (Å²) in [5.41, 5.74) is 2.06. The van der Waals surface area contributed by atoms with Gasteiger partial charge in [0.2, 0.25) is 5.91 Å². The maximum absolute atomic E-state index is 14.0. The highest BCUT2D eigenvalue weighted by molar-refractivity contribution is 5.84. The number of pyridine rings is 1. The van der Waals surface area contributed by atoms with Gasteiger partial charge in [0.05, 0.1) is 17.7 Å². The van der Waals surface area contributed by atoms with Crippen molar-refractivity contribution in [1.29, 1.82) is 0 Å². The van der Waals surface area contributed by atoms with Gasteiger partial charge in [-0.15, -0.1) is 0 Å². The Labute approximate surface area is 145 Å². The molecule has 0 unspecified atom stereocenters. The Morgan fingerprint density at radius 3 is 2.92 bits per heavy atom. The summed E-state index contributed by atoms with van der Waals surface area (Å²) >= 11 is 0. The fourth-order valence-corrected chi connectivity index (χ4v) is 3.63. The zero-order valence-electron chi connectivity index (χ0n) is 13.5. The van der Waals surface area contributed by atoms with Gasteiger partial charge in [-0.2, -0.15) is 5.10 Å². The summed E-state index contributed by atoms with van der Waals surface area (Å²) in [4.78, 5) is 21.4. The topological polar surface area (TPSA) is 66.3 Å². The lowest BCUT2D eigenvalue weighted by molar-refractivity contribution is -0.137. The van der Waals surface area contributed by atoms with Crippen LogP contribution in [-0.4, -0.2) is 42.9 Å². The van der Waals surface area contributed by atoms with Gasteiger partial charge in [0, 0.05) is 31.3 Å². The first-order valence-corrected chi connectivity index (χ1v) is 8.30. The summed E-state index contributed by atoms with van der Waals surface area (Å²) in [5, 5.41) is 4.37. The Kier molecular flexibility index (Phi) is 3.02. The molecule has 0 spiro atoms. The molecule has 5 rings (SSSR count). The van der Waals surface area contributed by atoms with Crippen molar-refractivity contribution in [2.24, 2.45) is 5.92 Å². The molecule has 0 bridgehead atoms. The molecule has 0 radical (unpaired) electrons. The molecule has 1 fully saturated rings. The molecule has 1 N–H and O–H groups in total. The summed E-state index contributed by atoms with van der Waals surface area (Å²) in [6.07, 6.45) is 3.17. The number of fused-ring (bicyclic) bond motifs is 2. The minimum absolute atomic E-state index is 0.259. The number of hydrogen-bond donors (Lipinski definition) is 1. The van der Waals surface area contributed by atoms with Crippen molar-refractivity contribution >= 4 is 11.4 Å². The molecule has 4 heterocycles. The number of alkyl halides is 2. The van der Waals surface area contributed by atoms with Crippen LogP contribution in [0.2, 0.25) is 0 Å². The standard InChI is InChI=1S/C17H14F3N5O/c18-10-2-1-4-25-13(10)6-12(23-25)15-14-11(21-8-22-14)3-5-24(15)16(26)9-7-17(9,19)20/h1-2,4,6,8-9,15H,3,5,7H2,(H,21,22)/t9-,15+/m1/s1. The van der Waals surface area contributed by atoms with Crippen molar-refractivity contribution in [2.45, 2.75) is 24.8 Å². The number of rotatable bonds is 2. The molecule has 3 aromatic rings. The summed E-state index contributed by atoms with van der Waals surface area (Å²) < 4.78 is 42.3. The van der Waals surface area contributed by atoms with Crippen molar-refractivity contribution in [3.05, 3.63) is 53.6 Å². The minimum Gasteiger partial charge on any atom is -0.348 e. The van der Waals surface area contributed by atoms with Gasteiger partial charge in [-0.1, -0.05) is 0 Å². The third-order valence-corrected chi connectivity index (χ3v) is 5.08. The summed E-state index contributed by atoms with van der Waals surface area (Å²) in [6, 6.07) is 3.66. The van der Waals surface area contributed by atoms with E-state index in [0.29, 0.717) is 17.8 Å². The zero-order valence-corrected chi connectivity index (χ0v) is 13.5. The van der Waals surface area contributed by atoms with Gasteiger partial charge >= 0.3 is 0 Å². The number of carbonyl (C=O) groups is 1. The van der Waals surface area contributed by atoms with Crippen molar-refractivity contribution < 1.29 is 18.0 Å². The second kappa shape index (κ2) is 5.09. The molecule has 6 nitrogen and oxygen atoms in total. The number of H-pyrrole nitrogens is 1. The van der Waals surface area contributed by atoms with E-state index in [-0.39, 0.29) is 12.1 Å². The number of aromatic nitrogens is 4. The van der Waals surface area contributed by atoms with Crippen LogP contribution in [0, 0.1) is 11.7 Å². The lowest BCUT2D eigenvalue weighted by Crippen LogP contribution is -2.42. The molecule has 1 amide bonds. The van der Waals surface area contributed by atoms with Crippen molar-refractivity contribution in [2.75, 3.05) is 6.54 Å². The number of carbonyl (C=O) groups excluding carboxylic acids is 1. The third-order valence-electron chi connectivity index (χ3n) is 5.08. The lowest BCUT2D eigenvalue weighted by atomic mass is 9.99. The van der Waals surface area contributed by atoms with Crippen molar-refractivity contribution in [3.8, 4) is 0 Å². The van der Waals surface area contributed by atoms with E-state index in [2.05, 4.69) is 15.1 Å². The lowest BCUT2D eigenvalue weighted by Gasteiger charge is -2.34. The van der Waals surface area contributed by atoms with E-state index in [1.165, 1.54) is 33.9 Å². The molecule has 9 heteroatoms. The van der Waals surface area contributed by atoms with E-state index in [1.807, 2.05) is 0 Å². The molecular weight excluding hydrogens is 347 g/mol. The Morgan fingerprint density at radius 2 is 2.19 bits per heavy atom. The monoisotopic (exact) mass is 361 g/mol. The SMILES string of the molecule is O=C([C@H]1CC1(F)F)N1CCc2[nH]cnc2[C@@H]1c1cc2c(F)cccn2n1. The first-order chi connectivity index (χ1) is 12.5. The zero-order chi connectivity index (χ0) is 18.1. The quantitative estimate of drug-likeness (QED) is 0.762. The smallest absolute Gasteiger partial charge is 0.260 e. The highest BCUT2D eigenvalue weighted by Gasteiger charge is 2.63. The van der Waals surface area contributed by atoms with Crippen LogP contribution >= 0.6 is 0 Å². The van der Waals surface area contributed by atoms with Gasteiger partial charge in [-0.25, -0.2) is 22.7 Å². The second-order valence-electron chi connectivity index (χ2n) is 6.72. The van der Waals surface area contributed by atoms with Crippen molar-refractivity contribution in [1.82, 2.24) is 24.5 Å². The molecular formula is C17H14F3N5O. The molecule has 3 aromatic heterocycles. The van der Waals surface area contributed by atoms with Crippen LogP contribution in [0.1, 0.15) is 29.5 Å². The highest BCUT2D eigenvalue weighted by atomic mass is 19.3. The highest BCUT2D eigenvalue weighted by Crippen LogP contribution is 2.51. The normalized spacial score (nSPS) is 23.9. The molecule has 2 aliphatic rings. The average Bonchev–Trinajstić information content (AvgIpc) is 2.99. The molecule has 0 saturated heterocycles. The summed E-state index contributed by atoms with van der Waals surface area (Å²) in [6.45, 7) is 0.279. The van der Waals surface area contributed by atoms with Crippen LogP contribution in [0.15, 0.2) is 30.7 Å². The van der Waals surface area contributed by atoms with E-state index >= 15 is 0 Å². The van der Waals surface area contributed by atoms with Crippen LogP contribution in [0.25, 0.3) is 5.52 Å². The Morgan fingerprint density at radius 1 is 1.38 bits per heavy atom. The largest absolute Gasteiger partial charge is 0.348 e. The summed E-state index contributed by atoms with van der Waals surface area (Å²) in [5.74, 6) is -5.29. The summed E-state index contributed by atoms with van der Waals surface area (Å²) in [7, 11) is 0. The number of amides is 1. The van der Waals surface area contributed by atoms with E-state index < -0.39 is 36.0 Å². The van der Waals surface area contributed by atoms with Gasteiger partial charge in [0.25, 0.3) is 5.92 Å². The van der Waals surface area contributed by atoms with E-state index in [0.717, 1.165) is 5.69 Å². The fraction of sp³-hybridized carbons (Fsp3) is 0.353. The average molecular weight is 361 g/mol. The number of aromatic amines is 1. The Hall–Kier alpha value is -2.84. The molecule has 1 aliphatic carbocycles. The van der Waals surface area contributed by atoms with Gasteiger partial charge in [-0.05, 0) is 18.2 Å². The van der Waals surface area contributed by atoms with Gasteiger partial charge < -0.3 is 9.88 Å². The van der Waals surface area contributed by atoms with Crippen molar-refractivity contribution in [3.63, 3.8) is 0 Å². The van der Waals surface area contributed by atoms with Crippen LogP contribution in [0.5, 0.6) is 0 Å². The van der Waals surface area contributed by atoms with Crippen LogP contribution in [-0.2, 0) is 11.2 Å². The second-order valence-corrected chi connectivity index (χ2v) is 6.72. The van der Waals surface area contributed by atoms with E-state index in [9.17, 15) is 18.0 Å². The van der Waals surface area contributed by atoms with Gasteiger partial charge in [0.1, 0.15) is 23.3 Å². The molecule has 1 aliphatic heterocycles. The maximum Gasteiger partial charge on any atom is 0.260 e. The number of halogens is 3. The first kappa shape index (κ1) is 15.4. The minimum atomic E-state index is -2.95. The van der Waals surface area contributed by atoms with Crippen LogP contribution < -0.4 is 0 Å². The van der Waals surface area contributed by atoms with E-state index in [1.54, 1.807) is 6.20 Å². The number of nitrogens with zero attached hydrogens (tertiary/aromatic N) is 4. The Balaban J connectivity index is 1.61. The predicted octanol–water partition coefficient (Wildman–Crippen LogP) is 2.33. The maximum atomic E-state index is 14.0. The van der Waals surface area contributed by atoms with Crippen LogP contribution in [0.3, 0.4) is 0 Å². The number of imidazole rings is 1. The van der Waals surface area contributed by atoms with E-state index in [4.69, 9.17) is 0 Å². The van der Waals surface area contributed by atoms with Crippen LogP contribution in [0.4, 0.5) is 13.2 Å². The number of hydrogen-bond acceptors (Lipinski definition) is 3. The first-order valence-electron chi connectivity index (χ1n) is 8.30. The van der Waals surface area contributed by atoms with Gasteiger partial charge in [0.15, 0.2) is 0 Å². The molecule has 1 saturated carbocycles. The molecule has 134 valence electrons. The fourth-order valence-electron chi connectivity index (χ4n) is 3.63. The van der Waals surface area contributed by atoms with Gasteiger partial charge in [-0.3, -0.25) is 4.79 Å². The molecule has 0 aromatic carbocycles. The predicted molar refractivity (Wildman–Crippen MR) is 84.1 cm³/mol. The Bertz CT molecular complexity index is 1030. The molecule has 26 heavy (non-hydrogen) atoms. The number of nitrogens with one attached hydrogen (secondary N) is 1.